The van der Waals surface area contributed by atoms with Gasteiger partial charge in [0.25, 0.3) is 0 Å². The molecule has 7 nitrogen and oxygen atoms in total. The van der Waals surface area contributed by atoms with Gasteiger partial charge in [0.2, 0.25) is 0 Å². The molecule has 1 aromatic rings. The van der Waals surface area contributed by atoms with E-state index in [2.05, 4.69) is 17.6 Å². The van der Waals surface area contributed by atoms with Crippen LogP contribution in [0.5, 0.6) is 0 Å². The molecule has 2 amide bonds. The number of hydrogen-bond acceptors (Lipinski definition) is 4. The fourth-order valence-electron chi connectivity index (χ4n) is 4.36. The molecule has 0 aliphatic carbocycles. The summed E-state index contributed by atoms with van der Waals surface area (Å²) in [5.41, 5.74) is 9.02. The fraction of sp³-hybridized carbons (Fsp3) is 0.524. The number of para-hydroxylation sites is 1. The predicted octanol–water partition coefficient (Wildman–Crippen LogP) is 3.07. The molecule has 2 heterocycles. The molecule has 28 heavy (non-hydrogen) atoms. The van der Waals surface area contributed by atoms with Crippen molar-refractivity contribution in [3.8, 4) is 0 Å². The van der Waals surface area contributed by atoms with Gasteiger partial charge in [-0.3, -0.25) is 9.80 Å². The summed E-state index contributed by atoms with van der Waals surface area (Å²) in [6, 6.07) is 9.11. The maximum atomic E-state index is 11.5. The number of hydrazine groups is 1. The molecule has 0 radical (unpaired) electrons. The smallest absolute Gasteiger partial charge is 0.330 e. The number of fused-ring (bicyclic) bond motifs is 2. The quantitative estimate of drug-likeness (QED) is 0.325. The van der Waals surface area contributed by atoms with E-state index in [-0.39, 0.29) is 18.6 Å². The van der Waals surface area contributed by atoms with Gasteiger partial charge in [0, 0.05) is 18.9 Å². The zero-order valence-corrected chi connectivity index (χ0v) is 16.0. The summed E-state index contributed by atoms with van der Waals surface area (Å²) in [6.07, 6.45) is 9.35. The third-order valence-electron chi connectivity index (χ3n) is 5.63. The van der Waals surface area contributed by atoms with Crippen LogP contribution in [0.15, 0.2) is 42.5 Å². The van der Waals surface area contributed by atoms with Crippen LogP contribution in [0.4, 0.5) is 10.5 Å². The summed E-state index contributed by atoms with van der Waals surface area (Å²) in [5, 5.41) is 10.5. The van der Waals surface area contributed by atoms with Gasteiger partial charge in [0.15, 0.2) is 0 Å². The van der Waals surface area contributed by atoms with Crippen LogP contribution in [0.25, 0.3) is 0 Å². The van der Waals surface area contributed by atoms with Gasteiger partial charge in [0.1, 0.15) is 0 Å². The van der Waals surface area contributed by atoms with Crippen molar-refractivity contribution in [2.75, 3.05) is 11.6 Å². The lowest BCUT2D eigenvalue weighted by Crippen LogP contribution is -2.49. The molecule has 152 valence electrons. The van der Waals surface area contributed by atoms with Crippen molar-refractivity contribution < 1.29 is 19.4 Å². The molecular formula is C21H29N3O4. The molecule has 0 spiro atoms. The highest BCUT2D eigenvalue weighted by Gasteiger charge is 2.48. The van der Waals surface area contributed by atoms with E-state index in [4.69, 9.17) is 15.6 Å². The van der Waals surface area contributed by atoms with Crippen molar-refractivity contribution in [3.05, 3.63) is 42.5 Å². The number of aliphatic carboxylic acids is 1. The molecule has 0 aromatic heterocycles. The third kappa shape index (κ3) is 5.25. The lowest BCUT2D eigenvalue weighted by molar-refractivity contribution is -0.137. The summed E-state index contributed by atoms with van der Waals surface area (Å²) >= 11 is 0. The monoisotopic (exact) mass is 387 g/mol. The van der Waals surface area contributed by atoms with Crippen molar-refractivity contribution >= 4 is 17.7 Å². The van der Waals surface area contributed by atoms with Gasteiger partial charge in [-0.1, -0.05) is 30.4 Å². The number of ether oxygens (including phenoxy) is 1. The van der Waals surface area contributed by atoms with E-state index < -0.39 is 12.0 Å². The Hall–Kier alpha value is -2.54. The second-order valence-electron chi connectivity index (χ2n) is 7.53. The Balaban J connectivity index is 1.62. The summed E-state index contributed by atoms with van der Waals surface area (Å²) in [7, 11) is 0. The maximum absolute atomic E-state index is 11.5. The van der Waals surface area contributed by atoms with Gasteiger partial charge in [-0.25, -0.2) is 10.2 Å². The second-order valence-corrected chi connectivity index (χ2v) is 7.53. The van der Waals surface area contributed by atoms with Crippen molar-refractivity contribution in [1.82, 2.24) is 5.43 Å². The van der Waals surface area contributed by atoms with E-state index in [1.54, 1.807) is 0 Å². The van der Waals surface area contributed by atoms with Crippen molar-refractivity contribution in [2.45, 2.75) is 50.7 Å². The van der Waals surface area contributed by atoms with Crippen LogP contribution in [0.3, 0.4) is 0 Å². The molecule has 2 bridgehead atoms. The highest BCUT2D eigenvalue weighted by molar-refractivity contribution is 5.74. The topological polar surface area (TPSA) is 105 Å². The SMILES string of the molecule is NC(=O)NN(CC1[C@@H](C/C=C\CCCC(=O)O)[C@@H]2CC[C@H]1O2)c1ccccc1. The average molecular weight is 387 g/mol. The zero-order chi connectivity index (χ0) is 19.9. The first-order valence-electron chi connectivity index (χ1n) is 9.95. The molecule has 2 aliphatic rings. The van der Waals surface area contributed by atoms with Crippen LogP contribution in [-0.4, -0.2) is 35.9 Å². The number of amides is 2. The van der Waals surface area contributed by atoms with E-state index in [0.717, 1.165) is 31.4 Å². The Bertz CT molecular complexity index is 694. The Morgan fingerprint density at radius 3 is 2.57 bits per heavy atom. The summed E-state index contributed by atoms with van der Waals surface area (Å²) in [5.74, 6) is -0.0669. The van der Waals surface area contributed by atoms with Crippen LogP contribution in [0, 0.1) is 11.8 Å². The number of carbonyl (C=O) groups excluding carboxylic acids is 1. The lowest BCUT2D eigenvalue weighted by Gasteiger charge is -2.33. The standard InChI is InChI=1S/C21H29N3O4/c22-21(27)23-24(15-8-4-3-5-9-15)14-17-16(18-12-13-19(17)28-18)10-6-1-2-7-11-20(25)26/h1,3-6,8-9,16-19H,2,7,10-14H2,(H,25,26)(H3,22,23,27)/b6-1-/t16-,17?,18+,19-/m1/s1. The van der Waals surface area contributed by atoms with Crippen molar-refractivity contribution in [1.29, 1.82) is 0 Å². The van der Waals surface area contributed by atoms with Crippen LogP contribution in [0.1, 0.15) is 38.5 Å². The highest BCUT2D eigenvalue weighted by atomic mass is 16.5. The minimum atomic E-state index is -0.752. The minimum absolute atomic E-state index is 0.203. The van der Waals surface area contributed by atoms with Gasteiger partial charge in [-0.05, 0) is 50.2 Å². The highest BCUT2D eigenvalue weighted by Crippen LogP contribution is 2.45. The van der Waals surface area contributed by atoms with Gasteiger partial charge < -0.3 is 15.6 Å². The zero-order valence-electron chi connectivity index (χ0n) is 16.0. The number of nitrogens with two attached hydrogens (primary N) is 1. The van der Waals surface area contributed by atoms with E-state index in [1.807, 2.05) is 35.3 Å². The lowest BCUT2D eigenvalue weighted by atomic mass is 9.77. The Labute approximate surface area is 165 Å². The van der Waals surface area contributed by atoms with Gasteiger partial charge in [-0.15, -0.1) is 0 Å². The number of unbranched alkanes of at least 4 members (excludes halogenated alkanes) is 1. The number of primary amides is 1. The number of allylic oxidation sites excluding steroid dienone is 2. The van der Waals surface area contributed by atoms with E-state index in [0.29, 0.717) is 24.8 Å². The summed E-state index contributed by atoms with van der Waals surface area (Å²) in [4.78, 5) is 22.1. The fourth-order valence-corrected chi connectivity index (χ4v) is 4.36. The Morgan fingerprint density at radius 2 is 1.89 bits per heavy atom. The first kappa shape index (κ1) is 20.2. The number of carboxylic acids is 1. The average Bonchev–Trinajstić information content (AvgIpc) is 3.26. The molecule has 2 saturated heterocycles. The van der Waals surface area contributed by atoms with Gasteiger partial charge in [0.05, 0.1) is 17.9 Å². The Kier molecular flexibility index (Phi) is 6.92. The number of benzene rings is 1. The maximum Gasteiger partial charge on any atom is 0.330 e. The molecule has 3 rings (SSSR count). The number of rotatable bonds is 10. The first-order valence-corrected chi connectivity index (χ1v) is 9.95. The van der Waals surface area contributed by atoms with Gasteiger partial charge in [-0.2, -0.15) is 0 Å². The summed E-state index contributed by atoms with van der Waals surface area (Å²) in [6.45, 7) is 0.644. The Morgan fingerprint density at radius 1 is 1.18 bits per heavy atom. The number of urea groups is 1. The van der Waals surface area contributed by atoms with Crippen molar-refractivity contribution in [2.24, 2.45) is 17.6 Å². The molecular weight excluding hydrogens is 358 g/mol. The molecule has 1 unspecified atom stereocenters. The third-order valence-corrected chi connectivity index (χ3v) is 5.63. The van der Waals surface area contributed by atoms with Crippen LogP contribution in [-0.2, 0) is 9.53 Å². The number of hydrogen-bond donors (Lipinski definition) is 3. The molecule has 7 heteroatoms. The number of anilines is 1. The number of carboxylic acid groups (broad SMARTS) is 1. The van der Waals surface area contributed by atoms with Crippen molar-refractivity contribution in [3.63, 3.8) is 0 Å². The second kappa shape index (κ2) is 9.59. The van der Waals surface area contributed by atoms with Crippen LogP contribution < -0.4 is 16.2 Å². The molecule has 1 aromatic carbocycles. The number of carbonyl (C=O) groups is 2. The largest absolute Gasteiger partial charge is 0.481 e. The van der Waals surface area contributed by atoms with E-state index in [1.165, 1.54) is 0 Å². The number of nitrogens with one attached hydrogen (secondary N) is 1. The number of nitrogens with zero attached hydrogens (tertiary/aromatic N) is 1. The first-order chi connectivity index (χ1) is 13.5. The molecule has 2 fully saturated rings. The molecule has 4 atom stereocenters. The van der Waals surface area contributed by atoms with E-state index >= 15 is 0 Å². The molecule has 4 N–H and O–H groups in total. The minimum Gasteiger partial charge on any atom is -0.481 e. The normalized spacial score (nSPS) is 25.9. The van der Waals surface area contributed by atoms with Crippen LogP contribution in [0.2, 0.25) is 0 Å². The molecule has 2 aliphatic heterocycles. The van der Waals surface area contributed by atoms with Gasteiger partial charge >= 0.3 is 12.0 Å². The summed E-state index contributed by atoms with van der Waals surface area (Å²) < 4.78 is 6.17. The van der Waals surface area contributed by atoms with E-state index in [9.17, 15) is 9.59 Å². The predicted molar refractivity (Wildman–Crippen MR) is 107 cm³/mol. The molecule has 0 saturated carbocycles. The van der Waals surface area contributed by atoms with Crippen LogP contribution >= 0.6 is 0 Å².